The van der Waals surface area contributed by atoms with Crippen molar-refractivity contribution in [2.45, 2.75) is 419 Å². The Morgan fingerprint density at radius 3 is 0.740 bits per heavy atom. The molecule has 0 aromatic rings. The third kappa shape index (κ3) is 67.9. The molecule has 0 heterocycles. The van der Waals surface area contributed by atoms with Crippen molar-refractivity contribution in [2.75, 3.05) is 39.6 Å². The first-order valence-electron chi connectivity index (χ1n) is 40.1. The van der Waals surface area contributed by atoms with E-state index in [0.717, 1.165) is 108 Å². The van der Waals surface area contributed by atoms with Crippen LogP contribution in [-0.2, 0) is 65.4 Å². The Balaban J connectivity index is 5.18. The Bertz CT molecular complexity index is 1860. The maximum absolute atomic E-state index is 13.1. The van der Waals surface area contributed by atoms with Gasteiger partial charge in [-0.05, 0) is 37.5 Å². The van der Waals surface area contributed by atoms with Crippen LogP contribution in [0.5, 0.6) is 0 Å². The van der Waals surface area contributed by atoms with Gasteiger partial charge in [0.25, 0.3) is 0 Å². The fourth-order valence-corrected chi connectivity index (χ4v) is 13.3. The van der Waals surface area contributed by atoms with Gasteiger partial charge in [0.15, 0.2) is 12.2 Å². The van der Waals surface area contributed by atoms with Crippen molar-refractivity contribution in [3.63, 3.8) is 0 Å². The van der Waals surface area contributed by atoms with Crippen LogP contribution in [0, 0.1) is 11.8 Å². The summed E-state index contributed by atoms with van der Waals surface area (Å²) in [6.07, 6.45) is 57.0. The van der Waals surface area contributed by atoms with Crippen LogP contribution in [0.4, 0.5) is 0 Å². The third-order valence-electron chi connectivity index (χ3n) is 18.7. The molecule has 0 spiro atoms. The summed E-state index contributed by atoms with van der Waals surface area (Å²) in [5, 5.41) is 10.6. The lowest BCUT2D eigenvalue weighted by molar-refractivity contribution is -0.161. The first kappa shape index (κ1) is 94.1. The second kappa shape index (κ2) is 68.8. The molecule has 0 rings (SSSR count). The minimum absolute atomic E-state index is 0.106. The van der Waals surface area contributed by atoms with Gasteiger partial charge in [0.05, 0.1) is 26.4 Å². The van der Waals surface area contributed by atoms with Gasteiger partial charge in [0.1, 0.15) is 19.3 Å². The van der Waals surface area contributed by atoms with Crippen molar-refractivity contribution < 1.29 is 80.2 Å². The van der Waals surface area contributed by atoms with Gasteiger partial charge in [-0.2, -0.15) is 0 Å². The summed E-state index contributed by atoms with van der Waals surface area (Å²) in [7, 11) is -9.91. The molecule has 0 aliphatic carbocycles. The van der Waals surface area contributed by atoms with Gasteiger partial charge in [0.2, 0.25) is 0 Å². The monoisotopic (exact) mass is 1410 g/mol. The number of hydrogen-bond donors (Lipinski definition) is 3. The average molecular weight is 1410 g/mol. The standard InChI is InChI=1S/C77H150O17P2/c1-7-11-13-15-17-19-21-23-24-25-26-27-28-29-30-31-32-34-36-42-50-56-62-77(82)93-72(65-87-74(79)59-53-47-40-38-37-39-45-51-57-69(5)9-3)67-91-95(83,84)89-63-71(78)64-90-96(85,86)92-68-73(66-88-75(80)60-54-48-44-43-46-52-58-70(6)10-4)94-76(81)61-55-49-41-35-33-22-20-18-16-14-12-8-2/h69-73,78H,7-68H2,1-6H3,(H,83,84)(H,85,86)/t69?,70?,71-,72-,73-/m1/s1. The van der Waals surface area contributed by atoms with Crippen LogP contribution in [0.25, 0.3) is 0 Å². The molecule has 7 atom stereocenters. The maximum atomic E-state index is 13.1. The summed E-state index contributed by atoms with van der Waals surface area (Å²) in [4.78, 5) is 72.8. The van der Waals surface area contributed by atoms with E-state index in [4.69, 9.17) is 37.0 Å². The van der Waals surface area contributed by atoms with Gasteiger partial charge in [-0.25, -0.2) is 9.13 Å². The molecule has 4 unspecified atom stereocenters. The molecule has 17 nitrogen and oxygen atoms in total. The van der Waals surface area contributed by atoms with Crippen molar-refractivity contribution in [3.8, 4) is 0 Å². The average Bonchev–Trinajstić information content (AvgIpc) is 1.88. The van der Waals surface area contributed by atoms with E-state index < -0.39 is 97.5 Å². The molecule has 0 aliphatic rings. The molecule has 0 aliphatic heterocycles. The molecule has 19 heteroatoms. The maximum Gasteiger partial charge on any atom is 0.472 e. The van der Waals surface area contributed by atoms with Gasteiger partial charge in [-0.15, -0.1) is 0 Å². The van der Waals surface area contributed by atoms with Gasteiger partial charge in [-0.1, -0.05) is 350 Å². The predicted molar refractivity (Wildman–Crippen MR) is 391 cm³/mol. The molecule has 0 bridgehead atoms. The number of carbonyl (C=O) groups is 4. The summed E-state index contributed by atoms with van der Waals surface area (Å²) in [6, 6.07) is 0. The summed E-state index contributed by atoms with van der Waals surface area (Å²) >= 11 is 0. The minimum atomic E-state index is -4.96. The van der Waals surface area contributed by atoms with Gasteiger partial charge >= 0.3 is 39.5 Å². The minimum Gasteiger partial charge on any atom is -0.462 e. The molecule has 0 saturated carbocycles. The number of unbranched alkanes of at least 4 members (excludes halogenated alkanes) is 44. The molecule has 0 amide bonds. The molecule has 0 aromatic heterocycles. The van der Waals surface area contributed by atoms with Gasteiger partial charge in [-0.3, -0.25) is 37.3 Å². The normalized spacial score (nSPS) is 14.6. The van der Waals surface area contributed by atoms with E-state index in [9.17, 15) is 43.2 Å². The van der Waals surface area contributed by atoms with Crippen molar-refractivity contribution in [1.82, 2.24) is 0 Å². The number of carbonyl (C=O) groups excluding carboxylic acids is 4. The lowest BCUT2D eigenvalue weighted by Crippen LogP contribution is -2.30. The number of ether oxygens (including phenoxy) is 4. The Morgan fingerprint density at radius 1 is 0.292 bits per heavy atom. The first-order valence-corrected chi connectivity index (χ1v) is 43.1. The Hall–Kier alpha value is -1.94. The fourth-order valence-electron chi connectivity index (χ4n) is 11.8. The van der Waals surface area contributed by atoms with E-state index in [1.807, 2.05) is 0 Å². The molecular weight excluding hydrogens is 1260 g/mol. The summed E-state index contributed by atoms with van der Waals surface area (Å²) in [5.41, 5.74) is 0. The van der Waals surface area contributed by atoms with E-state index in [2.05, 4.69) is 41.5 Å². The molecule has 96 heavy (non-hydrogen) atoms. The fraction of sp³-hybridized carbons (Fsp3) is 0.948. The molecule has 0 aromatic carbocycles. The molecule has 0 saturated heterocycles. The van der Waals surface area contributed by atoms with Crippen LogP contribution in [0.15, 0.2) is 0 Å². The Labute approximate surface area is 588 Å². The van der Waals surface area contributed by atoms with Crippen LogP contribution < -0.4 is 0 Å². The van der Waals surface area contributed by atoms with Crippen molar-refractivity contribution >= 4 is 39.5 Å². The van der Waals surface area contributed by atoms with Crippen molar-refractivity contribution in [1.29, 1.82) is 0 Å². The summed E-state index contributed by atoms with van der Waals surface area (Å²) in [5.74, 6) is -0.609. The second-order valence-corrected chi connectivity index (χ2v) is 31.1. The topological polar surface area (TPSA) is 237 Å². The van der Waals surface area contributed by atoms with Crippen molar-refractivity contribution in [2.24, 2.45) is 11.8 Å². The number of hydrogen-bond acceptors (Lipinski definition) is 15. The quantitative estimate of drug-likeness (QED) is 0.0222. The first-order chi connectivity index (χ1) is 46.4. The van der Waals surface area contributed by atoms with Gasteiger partial charge < -0.3 is 33.8 Å². The largest absolute Gasteiger partial charge is 0.472 e. The lowest BCUT2D eigenvalue weighted by atomic mass is 9.99. The van der Waals surface area contributed by atoms with E-state index in [-0.39, 0.29) is 25.7 Å². The highest BCUT2D eigenvalue weighted by Crippen LogP contribution is 2.45. The number of aliphatic hydroxyl groups excluding tert-OH is 1. The molecule has 3 N–H and O–H groups in total. The van der Waals surface area contributed by atoms with Crippen LogP contribution in [-0.4, -0.2) is 96.7 Å². The van der Waals surface area contributed by atoms with Crippen LogP contribution >= 0.6 is 15.6 Å². The summed E-state index contributed by atoms with van der Waals surface area (Å²) in [6.45, 7) is 9.56. The zero-order valence-electron chi connectivity index (χ0n) is 62.7. The number of esters is 4. The number of phosphoric acid groups is 2. The van der Waals surface area contributed by atoms with E-state index in [0.29, 0.717) is 25.7 Å². The Kier molecular flexibility index (Phi) is 67.4. The predicted octanol–water partition coefficient (Wildman–Crippen LogP) is 22.7. The van der Waals surface area contributed by atoms with Crippen LogP contribution in [0.2, 0.25) is 0 Å². The highest BCUT2D eigenvalue weighted by Gasteiger charge is 2.30. The molecular formula is C77H150O17P2. The zero-order chi connectivity index (χ0) is 70.7. The lowest BCUT2D eigenvalue weighted by Gasteiger charge is -2.21. The molecule has 0 fully saturated rings. The Morgan fingerprint density at radius 2 is 0.500 bits per heavy atom. The highest BCUT2D eigenvalue weighted by atomic mass is 31.2. The number of phosphoric ester groups is 2. The zero-order valence-corrected chi connectivity index (χ0v) is 64.5. The second-order valence-electron chi connectivity index (χ2n) is 28.2. The van der Waals surface area contributed by atoms with E-state index in [1.54, 1.807) is 0 Å². The SMILES string of the molecule is CCCCCCCCCCCCCCCCCCCCCCCCC(=O)O[C@H](COC(=O)CCCCCCCCCCC(C)CC)COP(=O)(O)OC[C@@H](O)COP(=O)(O)OC[C@@H](COC(=O)CCCCCCCCC(C)CC)OC(=O)CCCCCCCCCCCCCC. The van der Waals surface area contributed by atoms with Crippen molar-refractivity contribution in [3.05, 3.63) is 0 Å². The van der Waals surface area contributed by atoms with Crippen LogP contribution in [0.3, 0.4) is 0 Å². The number of rotatable bonds is 76. The molecule has 570 valence electrons. The summed E-state index contributed by atoms with van der Waals surface area (Å²) < 4.78 is 68.5. The van der Waals surface area contributed by atoms with Gasteiger partial charge in [0, 0.05) is 25.7 Å². The molecule has 0 radical (unpaired) electrons. The van der Waals surface area contributed by atoms with E-state index >= 15 is 0 Å². The third-order valence-corrected chi connectivity index (χ3v) is 20.6. The smallest absolute Gasteiger partial charge is 0.462 e. The van der Waals surface area contributed by atoms with Crippen LogP contribution in [0.1, 0.15) is 401 Å². The highest BCUT2D eigenvalue weighted by molar-refractivity contribution is 7.47. The van der Waals surface area contributed by atoms with E-state index in [1.165, 1.54) is 212 Å². The number of aliphatic hydroxyl groups is 1.